The molecule has 0 aliphatic rings. The number of rotatable bonds is 53. The van der Waals surface area contributed by atoms with Crippen LogP contribution in [0.2, 0.25) is 349 Å². The quantitative estimate of drug-likeness (QED) is 0.0420. The van der Waals surface area contributed by atoms with Gasteiger partial charge in [-0.05, 0) is 350 Å². The Bertz CT molecular complexity index is 2020. The summed E-state index contributed by atoms with van der Waals surface area (Å²) in [5, 5.41) is 0. The van der Waals surface area contributed by atoms with Crippen molar-refractivity contribution in [1.82, 2.24) is 0 Å². The van der Waals surface area contributed by atoms with E-state index in [9.17, 15) is 0 Å². The third-order valence-corrected chi connectivity index (χ3v) is 85.8. The maximum Gasteiger partial charge on any atom is 0.469 e. The molecule has 0 spiro atoms. The molecule has 0 fully saturated rings. The van der Waals surface area contributed by atoms with Crippen molar-refractivity contribution in [2.24, 2.45) is 0 Å². The van der Waals surface area contributed by atoms with Gasteiger partial charge in [0.2, 0.25) is 0 Å². The van der Waals surface area contributed by atoms with Gasteiger partial charge in [0.15, 0.2) is 125 Å². The molecule has 590 valence electrons. The fourth-order valence-corrected chi connectivity index (χ4v) is 98.8. The average Bonchev–Trinajstić information content (AvgIpc) is 0.801. The van der Waals surface area contributed by atoms with E-state index in [2.05, 4.69) is 288 Å². The van der Waals surface area contributed by atoms with Gasteiger partial charge in [-0.1, -0.05) is 12.8 Å². The summed E-state index contributed by atoms with van der Waals surface area (Å²) in [7, 11) is -51.3. The van der Waals surface area contributed by atoms with Crippen molar-refractivity contribution < 1.29 is 65.8 Å². The zero-order chi connectivity index (χ0) is 77.8. The van der Waals surface area contributed by atoms with Crippen molar-refractivity contribution in [3.63, 3.8) is 0 Å². The van der Waals surface area contributed by atoms with Crippen molar-refractivity contribution >= 4 is 187 Å². The molecule has 1 unspecified atom stereocenters. The Morgan fingerprint density at radius 3 is 0.592 bits per heavy atom. The van der Waals surface area contributed by atoms with Crippen molar-refractivity contribution in [3.8, 4) is 0 Å². The van der Waals surface area contributed by atoms with E-state index in [-0.39, 0.29) is 0 Å². The Morgan fingerprint density at radius 1 is 0.173 bits per heavy atom. The molecular formula is C60H166O16Si22. The third-order valence-electron chi connectivity index (χ3n) is 13.8. The Kier molecular flexibility index (Phi) is 39.7. The topological polar surface area (TPSA) is 148 Å². The molecule has 0 saturated carbocycles. The smallest absolute Gasteiger partial charge is 0.460 e. The molecule has 0 N–H and O–H groups in total. The minimum absolute atomic E-state index is 0.748. The van der Waals surface area contributed by atoms with E-state index in [1.54, 1.807) is 0 Å². The summed E-state index contributed by atoms with van der Waals surface area (Å²) in [6.07, 6.45) is 5.80. The summed E-state index contributed by atoms with van der Waals surface area (Å²) in [5.41, 5.74) is 0. The van der Waals surface area contributed by atoms with Gasteiger partial charge in [0.25, 0.3) is 0 Å². The van der Waals surface area contributed by atoms with Crippen LogP contribution >= 0.6 is 0 Å². The van der Waals surface area contributed by atoms with E-state index >= 15 is 0 Å². The second-order valence-corrected chi connectivity index (χ2v) is 132. The molecule has 0 aromatic carbocycles. The molecule has 0 bridgehead atoms. The molecule has 0 aromatic heterocycles. The Morgan fingerprint density at radius 2 is 0.378 bits per heavy atom. The van der Waals surface area contributed by atoms with E-state index in [1.807, 2.05) is 0 Å². The second kappa shape index (κ2) is 38.1. The van der Waals surface area contributed by atoms with Crippen LogP contribution in [0.5, 0.6) is 0 Å². The lowest BCUT2D eigenvalue weighted by molar-refractivity contribution is 0.244. The number of unbranched alkanes of at least 4 members (excludes halogenated alkanes) is 1. The van der Waals surface area contributed by atoms with Crippen LogP contribution in [0.3, 0.4) is 0 Å². The molecule has 16 nitrogen and oxygen atoms in total. The highest BCUT2D eigenvalue weighted by Crippen LogP contribution is 2.41. The van der Waals surface area contributed by atoms with Crippen LogP contribution in [-0.2, 0) is 65.8 Å². The largest absolute Gasteiger partial charge is 0.469 e. The van der Waals surface area contributed by atoms with Gasteiger partial charge in [0, 0.05) is 24.2 Å². The van der Waals surface area contributed by atoms with Gasteiger partial charge in [-0.2, -0.15) is 0 Å². The summed E-state index contributed by atoms with van der Waals surface area (Å²) in [5.74, 6) is 0. The molecule has 38 heteroatoms. The lowest BCUT2D eigenvalue weighted by Gasteiger charge is -2.46. The fraction of sp³-hybridized carbons (Fsp3) is 1.00. The number of hydrogen-bond acceptors (Lipinski definition) is 16. The van der Waals surface area contributed by atoms with Gasteiger partial charge in [0.1, 0.15) is 9.76 Å². The first-order valence-corrected chi connectivity index (χ1v) is 102. The maximum atomic E-state index is 8.25. The highest BCUT2D eigenvalue weighted by molar-refractivity contribution is 6.95. The van der Waals surface area contributed by atoms with E-state index in [1.165, 1.54) is 0 Å². The highest BCUT2D eigenvalue weighted by atomic mass is 28.5. The molecule has 0 aliphatic heterocycles. The van der Waals surface area contributed by atoms with Crippen LogP contribution in [0, 0.1) is 0 Å². The molecule has 0 radical (unpaired) electrons. The Labute approximate surface area is 634 Å². The fourth-order valence-electron chi connectivity index (χ4n) is 12.6. The van der Waals surface area contributed by atoms with Crippen LogP contribution in [0.25, 0.3) is 0 Å². The zero-order valence-corrected chi connectivity index (χ0v) is 95.5. The standard InChI is InChI=1S/C60H166O16Si22/c1-78(2,3)62-93(42,43)76-94(44,63-79(4,5)6)56-46-45-51-77-61-89(34,35)52-47-60-98(73-90(36,37)53-48-57-95(64-80(7,8)9,65-81(10,11)12)66-82(13,14)15,74-91(38,39)54-49-58-96(67-83(16,17)18,68-84(19,20)21)69-85(22,23)24)75-92(40,41)55-50-59-97(70-86(25,26)27,71-87(28,29)30)72-88(31,32)33/h45-60,77H2,1-44H3. The van der Waals surface area contributed by atoms with E-state index in [4.69, 9.17) is 65.8 Å². The normalized spacial score (nSPS) is 16.3. The first kappa shape index (κ1) is 102. The lowest BCUT2D eigenvalue weighted by Crippen LogP contribution is -2.62. The van der Waals surface area contributed by atoms with E-state index in [0.29, 0.717) is 0 Å². The van der Waals surface area contributed by atoms with Crippen LogP contribution in [-0.4, -0.2) is 187 Å². The zero-order valence-electron chi connectivity index (χ0n) is 73.1. The first-order valence-electron chi connectivity index (χ1n) is 37.8. The monoisotopic (exact) mass is 1760 g/mol. The maximum absolute atomic E-state index is 8.25. The van der Waals surface area contributed by atoms with Gasteiger partial charge in [-0.15, -0.1) is 0 Å². The van der Waals surface area contributed by atoms with E-state index in [0.717, 1.165) is 99.0 Å². The van der Waals surface area contributed by atoms with Gasteiger partial charge in [0.05, 0.1) is 0 Å². The molecule has 98 heavy (non-hydrogen) atoms. The third kappa shape index (κ3) is 52.3. The van der Waals surface area contributed by atoms with Crippen LogP contribution in [0.15, 0.2) is 0 Å². The summed E-state index contributed by atoms with van der Waals surface area (Å²) >= 11 is 0. The predicted octanol–water partition coefficient (Wildman–Crippen LogP) is 22.6. The predicted molar refractivity (Wildman–Crippen MR) is 481 cm³/mol. The molecule has 0 saturated heterocycles. The summed E-state index contributed by atoms with van der Waals surface area (Å²) in [4.78, 5) is 0. The van der Waals surface area contributed by atoms with Crippen molar-refractivity contribution in [1.29, 1.82) is 0 Å². The molecule has 0 amide bonds. The van der Waals surface area contributed by atoms with Crippen LogP contribution < -0.4 is 0 Å². The van der Waals surface area contributed by atoms with Gasteiger partial charge >= 0.3 is 52.3 Å². The summed E-state index contributed by atoms with van der Waals surface area (Å²) < 4.78 is 118. The van der Waals surface area contributed by atoms with Gasteiger partial charge in [-0.3, -0.25) is 0 Å². The molecule has 0 aliphatic carbocycles. The molecule has 0 heterocycles. The first-order chi connectivity index (χ1) is 42.6. The molecule has 1 atom stereocenters. The molecular weight excluding hydrogens is 1590 g/mol. The molecule has 0 rings (SSSR count). The minimum Gasteiger partial charge on any atom is -0.460 e. The second-order valence-electron chi connectivity index (χ2n) is 42.1. The van der Waals surface area contributed by atoms with Gasteiger partial charge < -0.3 is 65.8 Å². The van der Waals surface area contributed by atoms with Crippen molar-refractivity contribution in [2.75, 3.05) is 0 Å². The highest BCUT2D eigenvalue weighted by Gasteiger charge is 2.57. The summed E-state index contributed by atoms with van der Waals surface area (Å²) in [6, 6.07) is 8.90. The molecule has 0 aromatic rings. The van der Waals surface area contributed by atoms with Crippen molar-refractivity contribution in [2.45, 2.75) is 387 Å². The number of hydrogen-bond donors (Lipinski definition) is 0. The van der Waals surface area contributed by atoms with Gasteiger partial charge in [-0.25, -0.2) is 0 Å². The SMILES string of the molecule is C[Si](C)(C)O[Si](C)(C)O[Si](C)(CCCC[SiH2]O[Si](C)(C)CCC[Si](O[Si](C)(C)CCC[Si](O[Si](C)(C)C)(O[Si](C)(C)C)O[Si](C)(C)C)(O[Si](C)(C)CCC[Si](O[Si](C)(C)C)(O[Si](C)(C)C)O[Si](C)(C)C)O[Si](C)(C)CCC[Si](O[Si](C)(C)C)(O[Si](C)(C)C)O[Si](C)(C)C)O[Si](C)(C)C. The van der Waals surface area contributed by atoms with Crippen LogP contribution in [0.4, 0.5) is 0 Å². The minimum atomic E-state index is -3.59. The Hall–Kier alpha value is 4.13. The van der Waals surface area contributed by atoms with Crippen molar-refractivity contribution in [3.05, 3.63) is 0 Å². The summed E-state index contributed by atoms with van der Waals surface area (Å²) in [6.45, 7) is 102. The Balaban J connectivity index is 8.25. The van der Waals surface area contributed by atoms with E-state index < -0.39 is 187 Å². The van der Waals surface area contributed by atoms with Crippen LogP contribution in [0.1, 0.15) is 38.5 Å². The lowest BCUT2D eigenvalue weighted by atomic mass is 10.4. The average molecular weight is 1760 g/mol.